The van der Waals surface area contributed by atoms with E-state index in [1.54, 1.807) is 12.1 Å². The second-order valence-electron chi connectivity index (χ2n) is 5.79. The molecule has 0 atom stereocenters. The summed E-state index contributed by atoms with van der Waals surface area (Å²) in [5, 5.41) is 10.7. The van der Waals surface area contributed by atoms with E-state index in [4.69, 9.17) is 0 Å². The van der Waals surface area contributed by atoms with E-state index < -0.39 is 16.7 Å². The van der Waals surface area contributed by atoms with Crippen molar-refractivity contribution in [2.24, 2.45) is 0 Å². The quantitative estimate of drug-likeness (QED) is 0.621. The summed E-state index contributed by atoms with van der Waals surface area (Å²) >= 11 is 0. The van der Waals surface area contributed by atoms with Crippen molar-refractivity contribution in [3.8, 4) is 0 Å². The van der Waals surface area contributed by atoms with Gasteiger partial charge in [-0.2, -0.15) is 13.2 Å². The van der Waals surface area contributed by atoms with Gasteiger partial charge in [0.15, 0.2) is 0 Å². The lowest BCUT2D eigenvalue weighted by Crippen LogP contribution is -2.46. The van der Waals surface area contributed by atoms with Gasteiger partial charge in [-0.25, -0.2) is 0 Å². The first-order chi connectivity index (χ1) is 11.8. The molecule has 0 aromatic heterocycles. The summed E-state index contributed by atoms with van der Waals surface area (Å²) in [4.78, 5) is 14.4. The maximum absolute atomic E-state index is 12.6. The van der Waals surface area contributed by atoms with Crippen LogP contribution in [0.3, 0.4) is 0 Å². The predicted molar refractivity (Wildman–Crippen MR) is 89.0 cm³/mol. The van der Waals surface area contributed by atoms with E-state index >= 15 is 0 Å². The zero-order valence-corrected chi connectivity index (χ0v) is 13.2. The summed E-state index contributed by atoms with van der Waals surface area (Å²) < 4.78 is 37.9. The average molecular weight is 351 g/mol. The monoisotopic (exact) mass is 351 g/mol. The average Bonchev–Trinajstić information content (AvgIpc) is 2.61. The molecule has 2 aromatic carbocycles. The summed E-state index contributed by atoms with van der Waals surface area (Å²) in [7, 11) is 0. The maximum atomic E-state index is 12.6. The van der Waals surface area contributed by atoms with Crippen LogP contribution in [0.1, 0.15) is 5.56 Å². The number of nitrogens with zero attached hydrogens (tertiary/aromatic N) is 3. The zero-order chi connectivity index (χ0) is 18.0. The molecule has 0 N–H and O–H groups in total. The number of nitro groups is 1. The molecule has 0 aliphatic carbocycles. The van der Waals surface area contributed by atoms with E-state index in [0.717, 1.165) is 23.5 Å². The van der Waals surface area contributed by atoms with E-state index in [0.29, 0.717) is 26.2 Å². The highest BCUT2D eigenvalue weighted by Gasteiger charge is 2.30. The largest absolute Gasteiger partial charge is 0.416 e. The standard InChI is InChI=1S/C17H16F3N3O2/c18-17(19,20)13-1-3-14(4-2-13)21-9-11-22(12-10-21)15-5-7-16(8-6-15)23(24)25/h1-8H,9-12H2. The summed E-state index contributed by atoms with van der Waals surface area (Å²) in [6.45, 7) is 2.72. The fourth-order valence-corrected chi connectivity index (χ4v) is 2.87. The minimum absolute atomic E-state index is 0.0483. The first-order valence-electron chi connectivity index (χ1n) is 7.76. The van der Waals surface area contributed by atoms with Crippen LogP contribution in [0.25, 0.3) is 0 Å². The number of alkyl halides is 3. The van der Waals surface area contributed by atoms with Crippen LogP contribution in [0.5, 0.6) is 0 Å². The van der Waals surface area contributed by atoms with Crippen molar-refractivity contribution in [3.05, 3.63) is 64.2 Å². The molecule has 25 heavy (non-hydrogen) atoms. The predicted octanol–water partition coefficient (Wildman–Crippen LogP) is 3.94. The van der Waals surface area contributed by atoms with Gasteiger partial charge in [0.05, 0.1) is 10.5 Å². The van der Waals surface area contributed by atoms with Gasteiger partial charge < -0.3 is 9.80 Å². The van der Waals surface area contributed by atoms with Gasteiger partial charge in [0.1, 0.15) is 0 Å². The summed E-state index contributed by atoms with van der Waals surface area (Å²) in [6.07, 6.45) is -4.33. The molecule has 2 aromatic rings. The maximum Gasteiger partial charge on any atom is 0.416 e. The number of non-ortho nitro benzene ring substituents is 1. The van der Waals surface area contributed by atoms with Crippen molar-refractivity contribution in [1.82, 2.24) is 0 Å². The van der Waals surface area contributed by atoms with E-state index in [2.05, 4.69) is 4.90 Å². The normalized spacial score (nSPS) is 15.3. The third kappa shape index (κ3) is 3.84. The van der Waals surface area contributed by atoms with Crippen LogP contribution in [-0.4, -0.2) is 31.1 Å². The first-order valence-corrected chi connectivity index (χ1v) is 7.76. The number of nitro benzene ring substituents is 1. The highest BCUT2D eigenvalue weighted by Crippen LogP contribution is 2.31. The summed E-state index contributed by atoms with van der Waals surface area (Å²) in [6, 6.07) is 11.5. The van der Waals surface area contributed by atoms with Gasteiger partial charge in [-0.1, -0.05) is 0 Å². The third-order valence-corrected chi connectivity index (χ3v) is 4.27. The molecule has 0 spiro atoms. The van der Waals surface area contributed by atoms with Gasteiger partial charge in [0.25, 0.3) is 5.69 Å². The second-order valence-corrected chi connectivity index (χ2v) is 5.79. The van der Waals surface area contributed by atoms with Gasteiger partial charge >= 0.3 is 6.18 Å². The Balaban J connectivity index is 1.62. The SMILES string of the molecule is O=[N+]([O-])c1ccc(N2CCN(c3ccc(C(F)(F)F)cc3)CC2)cc1. The number of hydrogen-bond acceptors (Lipinski definition) is 4. The molecule has 5 nitrogen and oxygen atoms in total. The molecule has 0 unspecified atom stereocenters. The molecule has 0 amide bonds. The van der Waals surface area contributed by atoms with Crippen molar-refractivity contribution in [2.75, 3.05) is 36.0 Å². The lowest BCUT2D eigenvalue weighted by atomic mass is 10.1. The molecule has 1 aliphatic rings. The van der Waals surface area contributed by atoms with Crippen molar-refractivity contribution in [3.63, 3.8) is 0 Å². The van der Waals surface area contributed by atoms with E-state index in [9.17, 15) is 23.3 Å². The fraction of sp³-hybridized carbons (Fsp3) is 0.294. The summed E-state index contributed by atoms with van der Waals surface area (Å²) in [5.74, 6) is 0. The Morgan fingerprint density at radius 2 is 1.20 bits per heavy atom. The van der Waals surface area contributed by atoms with E-state index in [1.165, 1.54) is 24.3 Å². The topological polar surface area (TPSA) is 49.6 Å². The number of rotatable bonds is 3. The molecule has 1 heterocycles. The minimum Gasteiger partial charge on any atom is -0.368 e. The molecule has 1 saturated heterocycles. The van der Waals surface area contributed by atoms with Crippen LogP contribution < -0.4 is 9.80 Å². The molecular weight excluding hydrogens is 335 g/mol. The van der Waals surface area contributed by atoms with E-state index in [-0.39, 0.29) is 5.69 Å². The first kappa shape index (κ1) is 17.1. The summed E-state index contributed by atoms with van der Waals surface area (Å²) in [5.41, 5.74) is 1.06. The Bertz CT molecular complexity index is 737. The van der Waals surface area contributed by atoms with Crippen LogP contribution in [0.2, 0.25) is 0 Å². The lowest BCUT2D eigenvalue weighted by molar-refractivity contribution is -0.384. The van der Waals surface area contributed by atoms with Crippen LogP contribution in [-0.2, 0) is 6.18 Å². The number of anilines is 2. The number of benzene rings is 2. The molecular formula is C17H16F3N3O2. The van der Waals surface area contributed by atoms with Gasteiger partial charge in [-0.3, -0.25) is 10.1 Å². The van der Waals surface area contributed by atoms with Crippen LogP contribution >= 0.6 is 0 Å². The van der Waals surface area contributed by atoms with Gasteiger partial charge in [0.2, 0.25) is 0 Å². The minimum atomic E-state index is -4.33. The Hall–Kier alpha value is -2.77. The van der Waals surface area contributed by atoms with Gasteiger partial charge in [0, 0.05) is 49.7 Å². The molecule has 0 radical (unpaired) electrons. The molecule has 0 saturated carbocycles. The molecule has 0 bridgehead atoms. The highest BCUT2D eigenvalue weighted by atomic mass is 19.4. The Labute approximate surface area is 142 Å². The molecule has 1 fully saturated rings. The Morgan fingerprint density at radius 3 is 1.56 bits per heavy atom. The van der Waals surface area contributed by atoms with Crippen LogP contribution in [0, 0.1) is 10.1 Å². The van der Waals surface area contributed by atoms with Crippen LogP contribution in [0.4, 0.5) is 30.2 Å². The Morgan fingerprint density at radius 1 is 0.800 bits per heavy atom. The van der Waals surface area contributed by atoms with Gasteiger partial charge in [-0.05, 0) is 36.4 Å². The third-order valence-electron chi connectivity index (χ3n) is 4.27. The van der Waals surface area contributed by atoms with E-state index in [1.807, 2.05) is 4.90 Å². The zero-order valence-electron chi connectivity index (χ0n) is 13.2. The van der Waals surface area contributed by atoms with Crippen molar-refractivity contribution in [2.45, 2.75) is 6.18 Å². The number of halogens is 3. The smallest absolute Gasteiger partial charge is 0.368 e. The Kier molecular flexibility index (Phi) is 4.52. The number of hydrogen-bond donors (Lipinski definition) is 0. The van der Waals surface area contributed by atoms with Gasteiger partial charge in [-0.15, -0.1) is 0 Å². The molecule has 8 heteroatoms. The molecule has 132 valence electrons. The van der Waals surface area contributed by atoms with Crippen molar-refractivity contribution in [1.29, 1.82) is 0 Å². The molecule has 3 rings (SSSR count). The highest BCUT2D eigenvalue weighted by molar-refractivity contribution is 5.54. The second kappa shape index (κ2) is 6.62. The number of piperazine rings is 1. The van der Waals surface area contributed by atoms with Crippen molar-refractivity contribution < 1.29 is 18.1 Å². The molecule has 1 aliphatic heterocycles. The lowest BCUT2D eigenvalue weighted by Gasteiger charge is -2.37. The van der Waals surface area contributed by atoms with Crippen LogP contribution in [0.15, 0.2) is 48.5 Å². The fourth-order valence-electron chi connectivity index (χ4n) is 2.87. The van der Waals surface area contributed by atoms with Crippen molar-refractivity contribution >= 4 is 17.1 Å².